The van der Waals surface area contributed by atoms with Gasteiger partial charge in [0.15, 0.2) is 0 Å². The number of furan rings is 1. The first-order valence-electron chi connectivity index (χ1n) is 15.4. The summed E-state index contributed by atoms with van der Waals surface area (Å²) in [6.07, 6.45) is 0. The molecule has 0 aliphatic rings. The maximum atomic E-state index is 6.57. The third-order valence-electron chi connectivity index (χ3n) is 9.10. The van der Waals surface area contributed by atoms with Gasteiger partial charge >= 0.3 is 0 Å². The molecule has 0 bridgehead atoms. The lowest BCUT2D eigenvalue weighted by Gasteiger charge is -2.20. The highest BCUT2D eigenvalue weighted by Crippen LogP contribution is 2.48. The van der Waals surface area contributed by atoms with Gasteiger partial charge in [0, 0.05) is 21.9 Å². The molecule has 1 aromatic heterocycles. The number of fused-ring (bicyclic) bond motifs is 5. The molecule has 0 radical (unpaired) electrons. The first-order chi connectivity index (χ1) is 22.3. The average molecular weight is 573 g/mol. The second-order valence-electron chi connectivity index (χ2n) is 11.6. The van der Waals surface area contributed by atoms with E-state index in [0.29, 0.717) is 0 Å². The Kier molecular flexibility index (Phi) is 5.89. The minimum absolute atomic E-state index is 0.914. The van der Waals surface area contributed by atoms with Crippen molar-refractivity contribution in [1.29, 1.82) is 0 Å². The van der Waals surface area contributed by atoms with Crippen LogP contribution in [0.1, 0.15) is 0 Å². The van der Waals surface area contributed by atoms with E-state index in [1.807, 2.05) is 6.07 Å². The van der Waals surface area contributed by atoms with Crippen LogP contribution in [0.4, 0.5) is 0 Å². The Morgan fingerprint density at radius 3 is 1.38 bits per heavy atom. The minimum atomic E-state index is 0.914. The van der Waals surface area contributed by atoms with Gasteiger partial charge in [0.25, 0.3) is 0 Å². The fraction of sp³-hybridized carbons (Fsp3) is 0. The standard InChI is InChI=1S/C44H28O/c1-2-13-29(14-3-1)30-25-27-31(28-26-30)32-15-4-5-17-34(32)42-35-18-6-8-20-37(35)43(38-21-9-7-19-36(38)42)40-23-12-22-39-33-16-10-11-24-41(33)45-44(39)40/h1-28H. The van der Waals surface area contributed by atoms with Crippen molar-refractivity contribution in [2.75, 3.05) is 0 Å². The van der Waals surface area contributed by atoms with Gasteiger partial charge in [-0.25, -0.2) is 0 Å². The van der Waals surface area contributed by atoms with Crippen LogP contribution in [-0.2, 0) is 0 Å². The normalized spacial score (nSPS) is 11.6. The Labute approximate surface area is 261 Å². The Balaban J connectivity index is 1.32. The molecular weight excluding hydrogens is 544 g/mol. The summed E-state index contributed by atoms with van der Waals surface area (Å²) in [5.74, 6) is 0. The van der Waals surface area contributed by atoms with Gasteiger partial charge in [-0.1, -0.05) is 164 Å². The molecule has 9 aromatic rings. The van der Waals surface area contributed by atoms with Crippen molar-refractivity contribution in [3.63, 3.8) is 0 Å². The quantitative estimate of drug-likeness (QED) is 0.191. The van der Waals surface area contributed by atoms with Gasteiger partial charge in [-0.15, -0.1) is 0 Å². The Hall–Kier alpha value is -5.92. The van der Waals surface area contributed by atoms with E-state index in [-0.39, 0.29) is 0 Å². The molecule has 0 saturated carbocycles. The van der Waals surface area contributed by atoms with Gasteiger partial charge in [-0.2, -0.15) is 0 Å². The van der Waals surface area contributed by atoms with Crippen LogP contribution in [0.25, 0.3) is 88.0 Å². The van der Waals surface area contributed by atoms with Crippen molar-refractivity contribution in [2.24, 2.45) is 0 Å². The lowest BCUT2D eigenvalue weighted by molar-refractivity contribution is 0.670. The zero-order valence-corrected chi connectivity index (χ0v) is 24.6. The van der Waals surface area contributed by atoms with E-state index in [2.05, 4.69) is 164 Å². The van der Waals surface area contributed by atoms with E-state index in [4.69, 9.17) is 4.42 Å². The van der Waals surface area contributed by atoms with E-state index < -0.39 is 0 Å². The lowest BCUT2D eigenvalue weighted by atomic mass is 9.83. The first kappa shape index (κ1) is 25.6. The predicted octanol–water partition coefficient (Wildman–Crippen LogP) is 12.6. The summed E-state index contributed by atoms with van der Waals surface area (Å²) in [4.78, 5) is 0. The van der Waals surface area contributed by atoms with Crippen LogP contribution in [0.5, 0.6) is 0 Å². The summed E-state index contributed by atoms with van der Waals surface area (Å²) in [6, 6.07) is 60.9. The monoisotopic (exact) mass is 572 g/mol. The SMILES string of the molecule is c1ccc(-c2ccc(-c3ccccc3-c3c4ccccc4c(-c4cccc5c4oc4ccccc45)c4ccccc34)cc2)cc1. The summed E-state index contributed by atoms with van der Waals surface area (Å²) in [6.45, 7) is 0. The summed E-state index contributed by atoms with van der Waals surface area (Å²) < 4.78 is 6.57. The first-order valence-corrected chi connectivity index (χ1v) is 15.4. The van der Waals surface area contributed by atoms with Crippen LogP contribution in [0.3, 0.4) is 0 Å². The number of hydrogen-bond donors (Lipinski definition) is 0. The number of hydrogen-bond acceptors (Lipinski definition) is 1. The molecule has 0 aliphatic carbocycles. The molecule has 8 aromatic carbocycles. The highest BCUT2D eigenvalue weighted by molar-refractivity contribution is 6.25. The van der Waals surface area contributed by atoms with Crippen LogP contribution in [0.15, 0.2) is 174 Å². The molecule has 9 rings (SSSR count). The molecule has 0 aliphatic heterocycles. The fourth-order valence-corrected chi connectivity index (χ4v) is 7.08. The van der Waals surface area contributed by atoms with Crippen molar-refractivity contribution in [3.8, 4) is 44.5 Å². The molecule has 0 fully saturated rings. The topological polar surface area (TPSA) is 13.1 Å². The largest absolute Gasteiger partial charge is 0.455 e. The van der Waals surface area contributed by atoms with Gasteiger partial charge in [0.05, 0.1) is 0 Å². The second-order valence-corrected chi connectivity index (χ2v) is 11.6. The zero-order valence-electron chi connectivity index (χ0n) is 24.6. The summed E-state index contributed by atoms with van der Waals surface area (Å²) in [7, 11) is 0. The van der Waals surface area contributed by atoms with E-state index >= 15 is 0 Å². The number of para-hydroxylation sites is 2. The van der Waals surface area contributed by atoms with E-state index in [9.17, 15) is 0 Å². The second kappa shape index (κ2) is 10.4. The van der Waals surface area contributed by atoms with Crippen molar-refractivity contribution >= 4 is 43.5 Å². The maximum Gasteiger partial charge on any atom is 0.143 e. The molecular formula is C44H28O. The fourth-order valence-electron chi connectivity index (χ4n) is 7.08. The van der Waals surface area contributed by atoms with Crippen molar-refractivity contribution in [1.82, 2.24) is 0 Å². The zero-order chi connectivity index (χ0) is 29.7. The van der Waals surface area contributed by atoms with Crippen LogP contribution < -0.4 is 0 Å². The molecule has 0 amide bonds. The van der Waals surface area contributed by atoms with Crippen LogP contribution in [-0.4, -0.2) is 0 Å². The lowest BCUT2D eigenvalue weighted by Crippen LogP contribution is -1.93. The number of benzene rings is 8. The highest BCUT2D eigenvalue weighted by Gasteiger charge is 2.21. The van der Waals surface area contributed by atoms with Crippen molar-refractivity contribution in [3.05, 3.63) is 170 Å². The third-order valence-corrected chi connectivity index (χ3v) is 9.10. The third kappa shape index (κ3) is 4.09. The molecule has 0 unspecified atom stereocenters. The Bertz CT molecular complexity index is 2460. The van der Waals surface area contributed by atoms with Crippen molar-refractivity contribution < 1.29 is 4.42 Å². The summed E-state index contributed by atoms with van der Waals surface area (Å²) >= 11 is 0. The molecule has 210 valence electrons. The summed E-state index contributed by atoms with van der Waals surface area (Å²) in [5.41, 5.74) is 11.5. The van der Waals surface area contributed by atoms with Gasteiger partial charge in [0.1, 0.15) is 11.2 Å². The molecule has 0 atom stereocenters. The van der Waals surface area contributed by atoms with Gasteiger partial charge in [-0.05, 0) is 61.0 Å². The van der Waals surface area contributed by atoms with Crippen molar-refractivity contribution in [2.45, 2.75) is 0 Å². The molecule has 0 N–H and O–H groups in total. The Morgan fingerprint density at radius 2 is 0.711 bits per heavy atom. The minimum Gasteiger partial charge on any atom is -0.455 e. The average Bonchev–Trinajstić information content (AvgIpc) is 3.50. The summed E-state index contributed by atoms with van der Waals surface area (Å²) in [5, 5.41) is 7.18. The molecule has 45 heavy (non-hydrogen) atoms. The molecule has 0 spiro atoms. The Morgan fingerprint density at radius 1 is 0.267 bits per heavy atom. The predicted molar refractivity (Wildman–Crippen MR) is 190 cm³/mol. The van der Waals surface area contributed by atoms with E-state index in [1.165, 1.54) is 60.5 Å². The smallest absolute Gasteiger partial charge is 0.143 e. The van der Waals surface area contributed by atoms with E-state index in [1.54, 1.807) is 0 Å². The molecule has 0 saturated heterocycles. The number of rotatable bonds is 4. The van der Waals surface area contributed by atoms with Crippen LogP contribution >= 0.6 is 0 Å². The molecule has 1 nitrogen and oxygen atoms in total. The van der Waals surface area contributed by atoms with E-state index in [0.717, 1.165) is 27.5 Å². The molecule has 1 heterocycles. The van der Waals surface area contributed by atoms with Gasteiger partial charge in [-0.3, -0.25) is 0 Å². The maximum absolute atomic E-state index is 6.57. The van der Waals surface area contributed by atoms with Crippen LogP contribution in [0.2, 0.25) is 0 Å². The van der Waals surface area contributed by atoms with Gasteiger partial charge < -0.3 is 4.42 Å². The molecule has 1 heteroatoms. The van der Waals surface area contributed by atoms with Gasteiger partial charge in [0.2, 0.25) is 0 Å². The highest BCUT2D eigenvalue weighted by atomic mass is 16.3. The van der Waals surface area contributed by atoms with Crippen LogP contribution in [0, 0.1) is 0 Å².